The van der Waals surface area contributed by atoms with Crippen LogP contribution < -0.4 is 0 Å². The number of benzene rings is 1. The summed E-state index contributed by atoms with van der Waals surface area (Å²) in [4.78, 5) is 0. The lowest BCUT2D eigenvalue weighted by Crippen LogP contribution is -2.02. The lowest BCUT2D eigenvalue weighted by Gasteiger charge is -2.12. The fourth-order valence-corrected chi connectivity index (χ4v) is 2.31. The van der Waals surface area contributed by atoms with Crippen LogP contribution >= 0.6 is 39.3 Å². The number of hydrogen-bond acceptors (Lipinski definition) is 2. The van der Waals surface area contributed by atoms with E-state index in [-0.39, 0.29) is 10.6 Å². The van der Waals surface area contributed by atoms with E-state index in [1.54, 1.807) is 23.9 Å². The van der Waals surface area contributed by atoms with Crippen LogP contribution in [0.25, 0.3) is 0 Å². The molecular formula is C11H13BrClFOS. The molecule has 0 saturated carbocycles. The van der Waals surface area contributed by atoms with Gasteiger partial charge in [0.25, 0.3) is 0 Å². The van der Waals surface area contributed by atoms with Gasteiger partial charge in [-0.25, -0.2) is 4.39 Å². The normalized spacial score (nSPS) is 12.8. The number of aliphatic hydroxyl groups is 1. The van der Waals surface area contributed by atoms with Gasteiger partial charge in [-0.2, -0.15) is 11.8 Å². The first-order valence-electron chi connectivity index (χ1n) is 4.88. The van der Waals surface area contributed by atoms with Crippen molar-refractivity contribution in [1.82, 2.24) is 0 Å². The highest BCUT2D eigenvalue weighted by atomic mass is 79.9. The monoisotopic (exact) mass is 326 g/mol. The van der Waals surface area contributed by atoms with Crippen molar-refractivity contribution in [3.05, 3.63) is 33.0 Å². The van der Waals surface area contributed by atoms with Crippen molar-refractivity contribution in [1.29, 1.82) is 0 Å². The highest BCUT2D eigenvalue weighted by Crippen LogP contribution is 2.31. The van der Waals surface area contributed by atoms with Crippen LogP contribution in [0.15, 0.2) is 16.6 Å². The number of thioether (sulfide) groups is 1. The molecular weight excluding hydrogens is 315 g/mol. The van der Waals surface area contributed by atoms with Gasteiger partial charge in [-0.3, -0.25) is 0 Å². The Morgan fingerprint density at radius 1 is 1.56 bits per heavy atom. The van der Waals surface area contributed by atoms with Crippen LogP contribution in [0.3, 0.4) is 0 Å². The zero-order valence-corrected chi connectivity index (χ0v) is 12.0. The fraction of sp³-hybridized carbons (Fsp3) is 0.455. The van der Waals surface area contributed by atoms with Crippen molar-refractivity contribution in [3.8, 4) is 0 Å². The van der Waals surface area contributed by atoms with Crippen molar-refractivity contribution in [2.45, 2.75) is 18.9 Å². The first-order valence-corrected chi connectivity index (χ1v) is 7.44. The maximum Gasteiger partial charge on any atom is 0.148 e. The summed E-state index contributed by atoms with van der Waals surface area (Å²) in [7, 11) is 0. The van der Waals surface area contributed by atoms with Crippen molar-refractivity contribution in [3.63, 3.8) is 0 Å². The Morgan fingerprint density at radius 2 is 2.25 bits per heavy atom. The molecule has 1 nitrogen and oxygen atoms in total. The minimum atomic E-state index is -0.780. The lowest BCUT2D eigenvalue weighted by molar-refractivity contribution is 0.162. The number of hydrogen-bond donors (Lipinski definition) is 1. The molecule has 0 saturated heterocycles. The van der Waals surface area contributed by atoms with Gasteiger partial charge in [0.1, 0.15) is 5.82 Å². The van der Waals surface area contributed by atoms with E-state index in [0.717, 1.165) is 12.2 Å². The van der Waals surface area contributed by atoms with Crippen molar-refractivity contribution < 1.29 is 9.50 Å². The summed E-state index contributed by atoms with van der Waals surface area (Å²) in [6.07, 6.45) is 2.63. The molecule has 5 heteroatoms. The zero-order chi connectivity index (χ0) is 12.1. The van der Waals surface area contributed by atoms with Gasteiger partial charge >= 0.3 is 0 Å². The van der Waals surface area contributed by atoms with Crippen LogP contribution in [0, 0.1) is 5.82 Å². The molecule has 0 aliphatic carbocycles. The van der Waals surface area contributed by atoms with Gasteiger partial charge in [-0.05, 0) is 46.8 Å². The van der Waals surface area contributed by atoms with Crippen LogP contribution in [0.4, 0.5) is 4.39 Å². The molecule has 0 radical (unpaired) electrons. The average Bonchev–Trinajstić information content (AvgIpc) is 2.26. The Hall–Kier alpha value is 0.230. The van der Waals surface area contributed by atoms with Crippen LogP contribution in [0.5, 0.6) is 0 Å². The first-order chi connectivity index (χ1) is 7.57. The summed E-state index contributed by atoms with van der Waals surface area (Å²) < 4.78 is 14.2. The van der Waals surface area contributed by atoms with Crippen molar-refractivity contribution >= 4 is 39.3 Å². The predicted octanol–water partition coefficient (Wildman–Crippen LogP) is 4.42. The SMILES string of the molecule is CSCCCC(O)c1ccc(Br)c(Cl)c1F. The molecule has 0 aliphatic heterocycles. The van der Waals surface area contributed by atoms with Gasteiger partial charge in [0, 0.05) is 10.0 Å². The molecule has 0 fully saturated rings. The van der Waals surface area contributed by atoms with Gasteiger partial charge < -0.3 is 5.11 Å². The molecule has 1 unspecified atom stereocenters. The van der Waals surface area contributed by atoms with Crippen LogP contribution in [-0.4, -0.2) is 17.1 Å². The second-order valence-electron chi connectivity index (χ2n) is 3.42. The molecule has 0 aliphatic rings. The maximum absolute atomic E-state index is 13.7. The number of halogens is 3. The van der Waals surface area contributed by atoms with E-state index in [9.17, 15) is 9.50 Å². The Bertz CT molecular complexity index is 362. The third kappa shape index (κ3) is 3.62. The highest BCUT2D eigenvalue weighted by Gasteiger charge is 2.16. The van der Waals surface area contributed by atoms with Crippen LogP contribution in [0.2, 0.25) is 5.02 Å². The average molecular weight is 328 g/mol. The second kappa shape index (κ2) is 6.84. The molecule has 0 amide bonds. The Balaban J connectivity index is 2.76. The largest absolute Gasteiger partial charge is 0.388 e. The van der Waals surface area contributed by atoms with Crippen LogP contribution in [-0.2, 0) is 0 Å². The van der Waals surface area contributed by atoms with Gasteiger partial charge in [0.2, 0.25) is 0 Å². The molecule has 1 aromatic rings. The molecule has 1 N–H and O–H groups in total. The molecule has 1 atom stereocenters. The van der Waals surface area contributed by atoms with E-state index in [4.69, 9.17) is 11.6 Å². The van der Waals surface area contributed by atoms with Crippen molar-refractivity contribution in [2.24, 2.45) is 0 Å². The van der Waals surface area contributed by atoms with Gasteiger partial charge in [0.05, 0.1) is 11.1 Å². The molecule has 0 aromatic heterocycles. The van der Waals surface area contributed by atoms with Gasteiger partial charge in [-0.1, -0.05) is 17.7 Å². The molecule has 1 aromatic carbocycles. The summed E-state index contributed by atoms with van der Waals surface area (Å²) in [5.41, 5.74) is 0.273. The summed E-state index contributed by atoms with van der Waals surface area (Å²) in [6.45, 7) is 0. The Kier molecular flexibility index (Phi) is 6.11. The minimum absolute atomic E-state index is 0.0291. The Labute approximate surface area is 113 Å². The summed E-state index contributed by atoms with van der Waals surface area (Å²) in [6, 6.07) is 3.22. The summed E-state index contributed by atoms with van der Waals surface area (Å²) >= 11 is 10.6. The van der Waals surface area contributed by atoms with Crippen LogP contribution in [0.1, 0.15) is 24.5 Å². The molecule has 0 bridgehead atoms. The zero-order valence-electron chi connectivity index (χ0n) is 8.84. The standard InChI is InChI=1S/C11H13BrClFOS/c1-16-6-2-3-9(15)7-4-5-8(12)10(13)11(7)14/h4-5,9,15H,2-3,6H2,1H3. The predicted molar refractivity (Wildman–Crippen MR) is 71.7 cm³/mol. The molecule has 90 valence electrons. The molecule has 1 rings (SSSR count). The van der Waals surface area contributed by atoms with E-state index in [1.165, 1.54) is 0 Å². The van der Waals surface area contributed by atoms with E-state index < -0.39 is 11.9 Å². The highest BCUT2D eigenvalue weighted by molar-refractivity contribution is 9.10. The smallest absolute Gasteiger partial charge is 0.148 e. The molecule has 16 heavy (non-hydrogen) atoms. The van der Waals surface area contributed by atoms with Gasteiger partial charge in [-0.15, -0.1) is 0 Å². The fourth-order valence-electron chi connectivity index (χ4n) is 1.37. The third-order valence-corrected chi connectivity index (χ3v) is 4.21. The van der Waals surface area contributed by atoms with E-state index in [1.807, 2.05) is 6.26 Å². The number of rotatable bonds is 5. The van der Waals surface area contributed by atoms with Gasteiger partial charge in [0.15, 0.2) is 0 Å². The lowest BCUT2D eigenvalue weighted by atomic mass is 10.0. The number of aliphatic hydroxyl groups excluding tert-OH is 1. The van der Waals surface area contributed by atoms with Crippen molar-refractivity contribution in [2.75, 3.05) is 12.0 Å². The molecule has 0 spiro atoms. The topological polar surface area (TPSA) is 20.2 Å². The minimum Gasteiger partial charge on any atom is -0.388 e. The third-order valence-electron chi connectivity index (χ3n) is 2.25. The summed E-state index contributed by atoms with van der Waals surface area (Å²) in [5.74, 6) is 0.427. The van der Waals surface area contributed by atoms with E-state index >= 15 is 0 Å². The first kappa shape index (κ1) is 14.3. The second-order valence-corrected chi connectivity index (χ2v) is 5.63. The van der Waals surface area contributed by atoms with E-state index in [2.05, 4.69) is 15.9 Å². The summed E-state index contributed by atoms with van der Waals surface area (Å²) in [5, 5.41) is 9.85. The quantitative estimate of drug-likeness (QED) is 0.638. The maximum atomic E-state index is 13.7. The Morgan fingerprint density at radius 3 is 2.88 bits per heavy atom. The van der Waals surface area contributed by atoms with E-state index in [0.29, 0.717) is 10.9 Å². The molecule has 0 heterocycles.